The van der Waals surface area contributed by atoms with E-state index in [1.807, 2.05) is 43.0 Å². The average molecular weight is 389 g/mol. The summed E-state index contributed by atoms with van der Waals surface area (Å²) in [5.41, 5.74) is 2.59. The van der Waals surface area contributed by atoms with Crippen molar-refractivity contribution in [2.45, 2.75) is 38.6 Å². The van der Waals surface area contributed by atoms with Gasteiger partial charge in [-0.2, -0.15) is 0 Å². The van der Waals surface area contributed by atoms with E-state index in [-0.39, 0.29) is 17.9 Å². The Morgan fingerprint density at radius 1 is 1.33 bits per heavy atom. The number of piperidine rings is 1. The van der Waals surface area contributed by atoms with Crippen molar-refractivity contribution >= 4 is 34.4 Å². The molecule has 1 aliphatic carbocycles. The second-order valence-corrected chi connectivity index (χ2v) is 8.57. The summed E-state index contributed by atoms with van der Waals surface area (Å²) in [7, 11) is 3.76. The van der Waals surface area contributed by atoms with Gasteiger partial charge in [0.1, 0.15) is 5.58 Å². The second-order valence-electron chi connectivity index (χ2n) is 8.16. The molecule has 1 aliphatic heterocycles. The van der Waals surface area contributed by atoms with Crippen molar-refractivity contribution in [1.29, 1.82) is 0 Å². The lowest BCUT2D eigenvalue weighted by atomic mass is 9.88. The number of rotatable bonds is 3. The molecule has 0 bridgehead atoms. The quantitative estimate of drug-likeness (QED) is 0.806. The SMILES string of the molecule is Cc1cc2occ(CC(=O)N(C)[C@@H]3C[C@@H]4CC(=O)N(C)C[C@@H]4C3)c2cc1Cl. The molecule has 6 heteroatoms. The van der Waals surface area contributed by atoms with E-state index in [9.17, 15) is 9.59 Å². The Kier molecular flexibility index (Phi) is 4.66. The number of hydrogen-bond acceptors (Lipinski definition) is 3. The molecule has 3 atom stereocenters. The van der Waals surface area contributed by atoms with Crippen molar-refractivity contribution in [2.24, 2.45) is 11.8 Å². The van der Waals surface area contributed by atoms with E-state index in [0.29, 0.717) is 29.7 Å². The van der Waals surface area contributed by atoms with E-state index in [0.717, 1.165) is 41.5 Å². The van der Waals surface area contributed by atoms with Gasteiger partial charge in [-0.3, -0.25) is 9.59 Å². The number of carbonyl (C=O) groups is 2. The minimum atomic E-state index is 0.0812. The number of benzene rings is 1. The fraction of sp³-hybridized carbons (Fsp3) is 0.524. The number of likely N-dealkylation sites (N-methyl/N-ethyl adjacent to an activating group) is 1. The lowest BCUT2D eigenvalue weighted by Crippen LogP contribution is -2.40. The highest BCUT2D eigenvalue weighted by Gasteiger charge is 2.42. The van der Waals surface area contributed by atoms with Gasteiger partial charge in [-0.25, -0.2) is 0 Å². The molecule has 1 saturated heterocycles. The summed E-state index contributed by atoms with van der Waals surface area (Å²) in [5.74, 6) is 1.22. The Bertz CT molecular complexity index is 906. The van der Waals surface area contributed by atoms with Crippen molar-refractivity contribution in [1.82, 2.24) is 9.80 Å². The van der Waals surface area contributed by atoms with Crippen LogP contribution in [0.15, 0.2) is 22.8 Å². The van der Waals surface area contributed by atoms with Gasteiger partial charge in [0.15, 0.2) is 0 Å². The molecule has 0 radical (unpaired) electrons. The van der Waals surface area contributed by atoms with Crippen molar-refractivity contribution in [3.05, 3.63) is 34.5 Å². The molecule has 27 heavy (non-hydrogen) atoms. The van der Waals surface area contributed by atoms with Gasteiger partial charge in [0.05, 0.1) is 12.7 Å². The van der Waals surface area contributed by atoms with Crippen molar-refractivity contribution in [2.75, 3.05) is 20.6 Å². The molecule has 144 valence electrons. The van der Waals surface area contributed by atoms with Crippen LogP contribution in [0.2, 0.25) is 5.02 Å². The third-order valence-corrected chi connectivity index (χ3v) is 6.81. The number of furan rings is 1. The number of aryl methyl sites for hydroxylation is 1. The van der Waals surface area contributed by atoms with Crippen LogP contribution in [0.4, 0.5) is 0 Å². The monoisotopic (exact) mass is 388 g/mol. The number of nitrogens with zero attached hydrogens (tertiary/aromatic N) is 2. The standard InChI is InChI=1S/C21H25ClN2O3/c1-12-4-19-17(9-18(12)22)15(11-27-19)8-21(26)24(3)16-5-13-7-20(25)23(2)10-14(13)6-16/h4,9,11,13-14,16H,5-8,10H2,1-3H3/t13-,14+,16-/m1/s1. The summed E-state index contributed by atoms with van der Waals surface area (Å²) >= 11 is 6.24. The molecule has 2 aromatic rings. The third-order valence-electron chi connectivity index (χ3n) is 6.40. The summed E-state index contributed by atoms with van der Waals surface area (Å²) in [4.78, 5) is 28.6. The summed E-state index contributed by atoms with van der Waals surface area (Å²) in [5, 5.41) is 1.58. The van der Waals surface area contributed by atoms with Gasteiger partial charge >= 0.3 is 0 Å². The number of carbonyl (C=O) groups excluding carboxylic acids is 2. The second kappa shape index (κ2) is 6.86. The van der Waals surface area contributed by atoms with Gasteiger partial charge in [0, 0.05) is 49.1 Å². The third kappa shape index (κ3) is 3.33. The first-order chi connectivity index (χ1) is 12.8. The van der Waals surface area contributed by atoms with Gasteiger partial charge in [-0.15, -0.1) is 0 Å². The molecule has 4 rings (SSSR count). The zero-order chi connectivity index (χ0) is 19.3. The summed E-state index contributed by atoms with van der Waals surface area (Å²) in [6, 6.07) is 3.99. The Morgan fingerprint density at radius 3 is 2.85 bits per heavy atom. The topological polar surface area (TPSA) is 53.8 Å². The van der Waals surface area contributed by atoms with E-state index in [1.54, 1.807) is 6.26 Å². The smallest absolute Gasteiger partial charge is 0.227 e. The first kappa shape index (κ1) is 18.4. The molecule has 2 heterocycles. The largest absolute Gasteiger partial charge is 0.464 e. The van der Waals surface area contributed by atoms with Gasteiger partial charge in [-0.1, -0.05) is 11.6 Å². The van der Waals surface area contributed by atoms with Crippen molar-refractivity contribution in [3.8, 4) is 0 Å². The fourth-order valence-electron chi connectivity index (χ4n) is 4.63. The molecule has 1 aromatic carbocycles. The van der Waals surface area contributed by atoms with Crippen LogP contribution in [0.1, 0.15) is 30.4 Å². The maximum Gasteiger partial charge on any atom is 0.227 e. The number of halogens is 1. The average Bonchev–Trinajstić information content (AvgIpc) is 3.19. The van der Waals surface area contributed by atoms with Crippen LogP contribution in [0.25, 0.3) is 11.0 Å². The molecule has 5 nitrogen and oxygen atoms in total. The Labute approximate surface area is 164 Å². The number of likely N-dealkylation sites (tertiary alicyclic amines) is 1. The van der Waals surface area contributed by atoms with E-state index < -0.39 is 0 Å². The normalized spacial score (nSPS) is 25.1. The lowest BCUT2D eigenvalue weighted by Gasteiger charge is -2.31. The molecule has 1 saturated carbocycles. The minimum Gasteiger partial charge on any atom is -0.464 e. The highest BCUT2D eigenvalue weighted by Crippen LogP contribution is 2.40. The highest BCUT2D eigenvalue weighted by molar-refractivity contribution is 6.32. The molecule has 2 fully saturated rings. The van der Waals surface area contributed by atoms with Gasteiger partial charge < -0.3 is 14.2 Å². The van der Waals surface area contributed by atoms with Crippen LogP contribution < -0.4 is 0 Å². The van der Waals surface area contributed by atoms with Crippen molar-refractivity contribution < 1.29 is 14.0 Å². The van der Waals surface area contributed by atoms with E-state index in [4.69, 9.17) is 16.0 Å². The van der Waals surface area contributed by atoms with Crippen LogP contribution >= 0.6 is 11.6 Å². The first-order valence-corrected chi connectivity index (χ1v) is 9.87. The number of hydrogen-bond donors (Lipinski definition) is 0. The van der Waals surface area contributed by atoms with E-state index in [1.165, 1.54) is 0 Å². The highest BCUT2D eigenvalue weighted by atomic mass is 35.5. The molecule has 0 spiro atoms. The summed E-state index contributed by atoms with van der Waals surface area (Å²) in [6.45, 7) is 2.75. The van der Waals surface area contributed by atoms with Crippen LogP contribution in [0.3, 0.4) is 0 Å². The predicted octanol–water partition coefficient (Wildman–Crippen LogP) is 3.65. The molecule has 0 N–H and O–H groups in total. The summed E-state index contributed by atoms with van der Waals surface area (Å²) in [6.07, 6.45) is 4.47. The molecule has 1 aromatic heterocycles. The van der Waals surface area contributed by atoms with Crippen LogP contribution in [0.5, 0.6) is 0 Å². The van der Waals surface area contributed by atoms with E-state index in [2.05, 4.69) is 0 Å². The van der Waals surface area contributed by atoms with Gasteiger partial charge in [0.2, 0.25) is 11.8 Å². The maximum absolute atomic E-state index is 12.9. The zero-order valence-electron chi connectivity index (χ0n) is 16.0. The Morgan fingerprint density at radius 2 is 2.07 bits per heavy atom. The zero-order valence-corrected chi connectivity index (χ0v) is 16.8. The van der Waals surface area contributed by atoms with E-state index >= 15 is 0 Å². The Hall–Kier alpha value is -2.01. The molecular formula is C21H25ClN2O3. The van der Waals surface area contributed by atoms with Gasteiger partial charge in [-0.05, 0) is 49.3 Å². The molecule has 2 aliphatic rings. The summed E-state index contributed by atoms with van der Waals surface area (Å²) < 4.78 is 5.62. The minimum absolute atomic E-state index is 0.0812. The Balaban J connectivity index is 1.46. The maximum atomic E-state index is 12.9. The first-order valence-electron chi connectivity index (χ1n) is 9.49. The lowest BCUT2D eigenvalue weighted by molar-refractivity contribution is -0.135. The number of fused-ring (bicyclic) bond motifs is 2. The predicted molar refractivity (Wildman–Crippen MR) is 105 cm³/mol. The molecular weight excluding hydrogens is 364 g/mol. The van der Waals surface area contributed by atoms with Crippen molar-refractivity contribution in [3.63, 3.8) is 0 Å². The van der Waals surface area contributed by atoms with Crippen LogP contribution in [0, 0.1) is 18.8 Å². The number of amides is 2. The molecule has 0 unspecified atom stereocenters. The van der Waals surface area contributed by atoms with Gasteiger partial charge in [0.25, 0.3) is 0 Å². The van der Waals surface area contributed by atoms with Crippen LogP contribution in [-0.2, 0) is 16.0 Å². The molecule has 2 amide bonds. The fourth-order valence-corrected chi connectivity index (χ4v) is 4.80. The van der Waals surface area contributed by atoms with Crippen LogP contribution in [-0.4, -0.2) is 48.3 Å².